The molecule has 0 radical (unpaired) electrons. The molecule has 1 amide bonds. The molecule has 0 rings (SSSR count). The molecule has 0 aromatic rings. The Labute approximate surface area is 98.9 Å². The first-order chi connectivity index (χ1) is 6.45. The number of amides is 1. The molecule has 0 aromatic carbocycles. The minimum Gasteiger partial charge on any atom is -0.447 e. The number of hydrogen-bond acceptors (Lipinski definition) is 3. The number of alkyl carbamates (subject to hydrolysis) is 1. The summed E-state index contributed by atoms with van der Waals surface area (Å²) in [4.78, 5) is 11.1. The van der Waals surface area contributed by atoms with Crippen LogP contribution in [0.4, 0.5) is 4.79 Å². The summed E-state index contributed by atoms with van der Waals surface area (Å²) in [6.45, 7) is 7.17. The lowest BCUT2D eigenvalue weighted by Gasteiger charge is -2.19. The van der Waals surface area contributed by atoms with Crippen LogP contribution in [0.25, 0.3) is 0 Å². The number of alkyl halides is 1. The smallest absolute Gasteiger partial charge is 0.407 e. The lowest BCUT2D eigenvalue weighted by atomic mass is 10.1. The van der Waals surface area contributed by atoms with Crippen LogP contribution >= 0.6 is 22.6 Å². The van der Waals surface area contributed by atoms with Crippen LogP contribution in [0.1, 0.15) is 20.8 Å². The maximum Gasteiger partial charge on any atom is 0.407 e. The molecule has 14 heavy (non-hydrogen) atoms. The summed E-state index contributed by atoms with van der Waals surface area (Å²) in [7, 11) is 0. The van der Waals surface area contributed by atoms with Crippen LogP contribution in [0.5, 0.6) is 0 Å². The van der Waals surface area contributed by atoms with Crippen molar-refractivity contribution in [1.82, 2.24) is 5.32 Å². The van der Waals surface area contributed by atoms with Gasteiger partial charge in [0.05, 0.1) is 13.2 Å². The topological polar surface area (TPSA) is 47.6 Å². The predicted molar refractivity (Wildman–Crippen MR) is 63.9 cm³/mol. The lowest BCUT2D eigenvalue weighted by molar-refractivity contribution is 0.0774. The molecular weight excluding hydrogens is 297 g/mol. The van der Waals surface area contributed by atoms with Gasteiger partial charge in [-0.15, -0.1) is 0 Å². The number of rotatable bonds is 5. The molecule has 0 aromatic heterocycles. The first-order valence-corrected chi connectivity index (χ1v) is 6.07. The number of hydrogen-bond donors (Lipinski definition) is 1. The second-order valence-corrected chi connectivity index (χ2v) is 4.89. The fraction of sp³-hybridized carbons (Fsp3) is 0.889. The molecule has 0 heterocycles. The molecule has 0 unspecified atom stereocenters. The highest BCUT2D eigenvalue weighted by atomic mass is 127. The molecule has 5 heteroatoms. The van der Waals surface area contributed by atoms with E-state index in [-0.39, 0.29) is 5.54 Å². The van der Waals surface area contributed by atoms with E-state index in [2.05, 4.69) is 27.9 Å². The van der Waals surface area contributed by atoms with Crippen LogP contribution in [0.15, 0.2) is 0 Å². The van der Waals surface area contributed by atoms with Gasteiger partial charge in [0, 0.05) is 9.97 Å². The standard InChI is InChI=1S/C9H18INO3/c1-9(2,3)11-8(12)14-7-6-13-5-4-10/h4-7H2,1-3H3,(H,11,12). The molecule has 84 valence electrons. The molecule has 0 spiro atoms. The molecule has 4 nitrogen and oxygen atoms in total. The molecule has 0 bridgehead atoms. The largest absolute Gasteiger partial charge is 0.447 e. The second-order valence-electron chi connectivity index (χ2n) is 3.81. The van der Waals surface area contributed by atoms with E-state index in [0.717, 1.165) is 4.43 Å². The van der Waals surface area contributed by atoms with E-state index < -0.39 is 6.09 Å². The van der Waals surface area contributed by atoms with E-state index in [4.69, 9.17) is 9.47 Å². The van der Waals surface area contributed by atoms with Gasteiger partial charge in [-0.25, -0.2) is 4.79 Å². The maximum atomic E-state index is 11.1. The van der Waals surface area contributed by atoms with Crippen molar-refractivity contribution in [2.75, 3.05) is 24.2 Å². The third kappa shape index (κ3) is 10.0. The third-order valence-corrected chi connectivity index (χ3v) is 1.60. The molecule has 0 aliphatic rings. The first kappa shape index (κ1) is 14.0. The summed E-state index contributed by atoms with van der Waals surface area (Å²) in [6, 6.07) is 0. The Hall–Kier alpha value is -0.0400. The Morgan fingerprint density at radius 2 is 1.93 bits per heavy atom. The Morgan fingerprint density at radius 1 is 1.29 bits per heavy atom. The highest BCUT2D eigenvalue weighted by Crippen LogP contribution is 1.98. The van der Waals surface area contributed by atoms with Crippen molar-refractivity contribution in [1.29, 1.82) is 0 Å². The van der Waals surface area contributed by atoms with Crippen molar-refractivity contribution in [2.45, 2.75) is 26.3 Å². The number of nitrogens with one attached hydrogen (secondary N) is 1. The maximum absolute atomic E-state index is 11.1. The number of carbonyl (C=O) groups excluding carboxylic acids is 1. The SMILES string of the molecule is CC(C)(C)NC(=O)OCCOCCI. The van der Waals surface area contributed by atoms with Crippen LogP contribution in [-0.4, -0.2) is 35.9 Å². The van der Waals surface area contributed by atoms with E-state index in [1.54, 1.807) is 0 Å². The van der Waals surface area contributed by atoms with Crippen molar-refractivity contribution >= 4 is 28.7 Å². The lowest BCUT2D eigenvalue weighted by Crippen LogP contribution is -2.41. The van der Waals surface area contributed by atoms with Crippen LogP contribution in [0.2, 0.25) is 0 Å². The zero-order chi connectivity index (χ0) is 11.0. The van der Waals surface area contributed by atoms with Crippen LogP contribution in [0, 0.1) is 0 Å². The first-order valence-electron chi connectivity index (χ1n) is 4.54. The van der Waals surface area contributed by atoms with Gasteiger partial charge in [-0.3, -0.25) is 0 Å². The van der Waals surface area contributed by atoms with Gasteiger partial charge in [0.15, 0.2) is 0 Å². The Bertz CT molecular complexity index is 168. The van der Waals surface area contributed by atoms with E-state index in [1.807, 2.05) is 20.8 Å². The molecule has 0 saturated carbocycles. The van der Waals surface area contributed by atoms with E-state index in [1.165, 1.54) is 0 Å². The molecular formula is C9H18INO3. The summed E-state index contributed by atoms with van der Waals surface area (Å²) >= 11 is 2.23. The molecule has 1 N–H and O–H groups in total. The Balaban J connectivity index is 3.36. The van der Waals surface area contributed by atoms with Gasteiger partial charge >= 0.3 is 6.09 Å². The van der Waals surface area contributed by atoms with Crippen molar-refractivity contribution in [3.8, 4) is 0 Å². The molecule has 0 fully saturated rings. The van der Waals surface area contributed by atoms with E-state index >= 15 is 0 Å². The summed E-state index contributed by atoms with van der Waals surface area (Å²) in [6.07, 6.45) is -0.393. The molecule has 0 aliphatic carbocycles. The number of ether oxygens (including phenoxy) is 2. The highest BCUT2D eigenvalue weighted by Gasteiger charge is 2.13. The average molecular weight is 315 g/mol. The summed E-state index contributed by atoms with van der Waals surface area (Å²) < 4.78 is 11.0. The predicted octanol–water partition coefficient (Wildman–Crippen LogP) is 1.96. The monoisotopic (exact) mass is 315 g/mol. The highest BCUT2D eigenvalue weighted by molar-refractivity contribution is 14.1. The minimum atomic E-state index is -0.393. The van der Waals surface area contributed by atoms with Crippen molar-refractivity contribution in [3.05, 3.63) is 0 Å². The number of carbonyl (C=O) groups is 1. The Kier molecular flexibility index (Phi) is 7.26. The fourth-order valence-electron chi connectivity index (χ4n) is 0.692. The van der Waals surface area contributed by atoms with Gasteiger partial charge in [-0.05, 0) is 20.8 Å². The minimum absolute atomic E-state index is 0.250. The van der Waals surface area contributed by atoms with Crippen LogP contribution in [0.3, 0.4) is 0 Å². The van der Waals surface area contributed by atoms with Gasteiger partial charge in [0.25, 0.3) is 0 Å². The zero-order valence-corrected chi connectivity index (χ0v) is 11.1. The van der Waals surface area contributed by atoms with Gasteiger partial charge < -0.3 is 14.8 Å². The fourth-order valence-corrected chi connectivity index (χ4v) is 1.00. The van der Waals surface area contributed by atoms with Crippen molar-refractivity contribution < 1.29 is 14.3 Å². The van der Waals surface area contributed by atoms with Crippen LogP contribution < -0.4 is 5.32 Å². The number of halogens is 1. The normalized spacial score (nSPS) is 11.1. The summed E-state index contributed by atoms with van der Waals surface area (Å²) in [5.74, 6) is 0. The van der Waals surface area contributed by atoms with Crippen LogP contribution in [-0.2, 0) is 9.47 Å². The zero-order valence-electron chi connectivity index (χ0n) is 8.93. The van der Waals surface area contributed by atoms with Crippen molar-refractivity contribution in [2.24, 2.45) is 0 Å². The Morgan fingerprint density at radius 3 is 2.43 bits per heavy atom. The van der Waals surface area contributed by atoms with Gasteiger partial charge in [0.2, 0.25) is 0 Å². The van der Waals surface area contributed by atoms with E-state index in [0.29, 0.717) is 19.8 Å². The third-order valence-electron chi connectivity index (χ3n) is 1.16. The molecule has 0 aliphatic heterocycles. The second kappa shape index (κ2) is 7.28. The summed E-state index contributed by atoms with van der Waals surface area (Å²) in [5.41, 5.74) is -0.250. The molecule has 0 atom stereocenters. The van der Waals surface area contributed by atoms with Gasteiger partial charge in [-0.1, -0.05) is 22.6 Å². The van der Waals surface area contributed by atoms with E-state index in [9.17, 15) is 4.79 Å². The summed E-state index contributed by atoms with van der Waals surface area (Å²) in [5, 5.41) is 2.69. The van der Waals surface area contributed by atoms with Gasteiger partial charge in [-0.2, -0.15) is 0 Å². The quantitative estimate of drug-likeness (QED) is 0.479. The average Bonchev–Trinajstić information content (AvgIpc) is 2.00. The molecule has 0 saturated heterocycles. The van der Waals surface area contributed by atoms with Crippen molar-refractivity contribution in [3.63, 3.8) is 0 Å². The van der Waals surface area contributed by atoms with Gasteiger partial charge in [0.1, 0.15) is 6.61 Å².